The molecule has 4 rings (SSSR count). The number of hydrogen-bond donors (Lipinski definition) is 1. The second kappa shape index (κ2) is 10.5. The maximum Gasteiger partial charge on any atom is 0.133 e. The lowest BCUT2D eigenvalue weighted by Crippen LogP contribution is -2.39. The van der Waals surface area contributed by atoms with Crippen molar-refractivity contribution >= 4 is 23.2 Å². The molecule has 0 spiro atoms. The minimum Gasteiger partial charge on any atom is -0.382 e. The van der Waals surface area contributed by atoms with Gasteiger partial charge in [-0.05, 0) is 91.5 Å². The summed E-state index contributed by atoms with van der Waals surface area (Å²) in [6.07, 6.45) is 8.73. The number of unbranched alkanes of at least 4 members (excludes halogenated alkanes) is 1. The van der Waals surface area contributed by atoms with Crippen molar-refractivity contribution in [1.29, 1.82) is 0 Å². The lowest BCUT2D eigenvalue weighted by Gasteiger charge is -2.41. The molecule has 2 nitrogen and oxygen atoms in total. The SMILES string of the molecule is CC1Nc2cc(CCCSCCCCc3ccccc3)ccc2C2CC(=O)CCC12. The Kier molecular flexibility index (Phi) is 7.54. The summed E-state index contributed by atoms with van der Waals surface area (Å²) in [4.78, 5) is 12.0. The minimum atomic E-state index is 0.429. The number of carbonyl (C=O) groups excluding carboxylic acids is 1. The van der Waals surface area contributed by atoms with Gasteiger partial charge in [-0.1, -0.05) is 42.5 Å². The Bertz CT molecular complexity index is 834. The first-order chi connectivity index (χ1) is 14.7. The number of anilines is 1. The summed E-state index contributed by atoms with van der Waals surface area (Å²) < 4.78 is 0. The van der Waals surface area contributed by atoms with E-state index in [4.69, 9.17) is 0 Å². The van der Waals surface area contributed by atoms with Crippen molar-refractivity contribution in [1.82, 2.24) is 0 Å². The van der Waals surface area contributed by atoms with Crippen LogP contribution >= 0.6 is 11.8 Å². The summed E-state index contributed by atoms with van der Waals surface area (Å²) in [6, 6.07) is 18.2. The number of hydrogen-bond acceptors (Lipinski definition) is 3. The van der Waals surface area contributed by atoms with E-state index in [1.54, 1.807) is 0 Å². The van der Waals surface area contributed by atoms with E-state index >= 15 is 0 Å². The summed E-state index contributed by atoms with van der Waals surface area (Å²) >= 11 is 2.10. The first-order valence-electron chi connectivity index (χ1n) is 11.7. The molecule has 2 aromatic rings. The molecule has 0 bridgehead atoms. The maximum atomic E-state index is 12.0. The van der Waals surface area contributed by atoms with Gasteiger partial charge in [-0.3, -0.25) is 4.79 Å². The molecular formula is C27H35NOS. The van der Waals surface area contributed by atoms with Crippen molar-refractivity contribution < 1.29 is 4.79 Å². The van der Waals surface area contributed by atoms with Crippen molar-refractivity contribution in [3.05, 3.63) is 65.2 Å². The Morgan fingerprint density at radius 3 is 2.63 bits per heavy atom. The Labute approximate surface area is 186 Å². The van der Waals surface area contributed by atoms with Crippen LogP contribution in [-0.4, -0.2) is 23.3 Å². The second-order valence-corrected chi connectivity index (χ2v) is 10.3. The highest BCUT2D eigenvalue weighted by Crippen LogP contribution is 2.45. The van der Waals surface area contributed by atoms with Gasteiger partial charge >= 0.3 is 0 Å². The first kappa shape index (κ1) is 21.5. The summed E-state index contributed by atoms with van der Waals surface area (Å²) in [5, 5.41) is 3.74. The fraction of sp³-hybridized carbons (Fsp3) is 0.519. The van der Waals surface area contributed by atoms with Crippen molar-refractivity contribution in [2.45, 2.75) is 70.3 Å². The number of thioether (sulfide) groups is 1. The van der Waals surface area contributed by atoms with Crippen molar-refractivity contribution in [3.8, 4) is 0 Å². The lowest BCUT2D eigenvalue weighted by molar-refractivity contribution is -0.121. The van der Waals surface area contributed by atoms with Crippen LogP contribution in [0.25, 0.3) is 0 Å². The molecule has 1 aliphatic carbocycles. The molecule has 30 heavy (non-hydrogen) atoms. The quantitative estimate of drug-likeness (QED) is 0.460. The molecule has 0 aromatic heterocycles. The van der Waals surface area contributed by atoms with Crippen LogP contribution in [-0.2, 0) is 17.6 Å². The van der Waals surface area contributed by atoms with Crippen LogP contribution in [0.1, 0.15) is 68.1 Å². The topological polar surface area (TPSA) is 29.1 Å². The largest absolute Gasteiger partial charge is 0.382 e. The van der Waals surface area contributed by atoms with Crippen molar-refractivity contribution in [2.75, 3.05) is 16.8 Å². The number of aryl methyl sites for hydroxylation is 2. The molecule has 1 heterocycles. The number of rotatable bonds is 9. The highest BCUT2D eigenvalue weighted by molar-refractivity contribution is 7.99. The standard InChI is InChI=1S/C27H35NOS/c1-20-24-15-13-23(29)19-26(24)25-14-12-22(18-27(25)28-20)11-7-17-30-16-6-5-10-21-8-3-2-4-9-21/h2-4,8-9,12,14,18,20,24,26,28H,5-7,10-11,13,15-17,19H2,1H3. The third kappa shape index (κ3) is 5.49. The third-order valence-electron chi connectivity index (χ3n) is 6.86. The van der Waals surface area contributed by atoms with Gasteiger partial charge in [0.2, 0.25) is 0 Å². The van der Waals surface area contributed by atoms with Gasteiger partial charge in [-0.25, -0.2) is 0 Å². The fourth-order valence-electron chi connectivity index (χ4n) is 5.18. The monoisotopic (exact) mass is 421 g/mol. The molecule has 1 aliphatic heterocycles. The van der Waals surface area contributed by atoms with Gasteiger partial charge < -0.3 is 5.32 Å². The zero-order valence-electron chi connectivity index (χ0n) is 18.2. The fourth-order valence-corrected chi connectivity index (χ4v) is 6.15. The normalized spacial score (nSPS) is 22.8. The van der Waals surface area contributed by atoms with Crippen LogP contribution < -0.4 is 5.32 Å². The molecule has 1 fully saturated rings. The average molecular weight is 422 g/mol. The molecule has 2 aromatic carbocycles. The Morgan fingerprint density at radius 1 is 0.967 bits per heavy atom. The van der Waals surface area contributed by atoms with Gasteiger partial charge in [0, 0.05) is 24.6 Å². The van der Waals surface area contributed by atoms with Gasteiger partial charge in [-0.15, -0.1) is 0 Å². The number of nitrogens with one attached hydrogen (secondary N) is 1. The van der Waals surface area contributed by atoms with Crippen LogP contribution in [0, 0.1) is 5.92 Å². The molecule has 0 saturated heterocycles. The predicted octanol–water partition coefficient (Wildman–Crippen LogP) is 6.64. The summed E-state index contributed by atoms with van der Waals surface area (Å²) in [5.74, 6) is 4.00. The van der Waals surface area contributed by atoms with Crippen LogP contribution in [0.5, 0.6) is 0 Å². The van der Waals surface area contributed by atoms with Gasteiger partial charge in [0.15, 0.2) is 0 Å². The number of fused-ring (bicyclic) bond motifs is 3. The molecule has 0 amide bonds. The van der Waals surface area contributed by atoms with E-state index in [0.717, 1.165) is 25.7 Å². The van der Waals surface area contributed by atoms with Gasteiger partial charge in [0.25, 0.3) is 0 Å². The zero-order chi connectivity index (χ0) is 20.8. The summed E-state index contributed by atoms with van der Waals surface area (Å²) in [6.45, 7) is 2.29. The van der Waals surface area contributed by atoms with Crippen LogP contribution in [0.3, 0.4) is 0 Å². The third-order valence-corrected chi connectivity index (χ3v) is 8.02. The molecular weight excluding hydrogens is 386 g/mol. The van der Waals surface area contributed by atoms with Gasteiger partial charge in [0.1, 0.15) is 5.78 Å². The molecule has 3 unspecified atom stereocenters. The van der Waals surface area contributed by atoms with E-state index in [-0.39, 0.29) is 0 Å². The van der Waals surface area contributed by atoms with E-state index in [9.17, 15) is 4.79 Å². The average Bonchev–Trinajstić information content (AvgIpc) is 2.76. The highest BCUT2D eigenvalue weighted by Gasteiger charge is 2.38. The minimum absolute atomic E-state index is 0.429. The van der Waals surface area contributed by atoms with Gasteiger partial charge in [-0.2, -0.15) is 11.8 Å². The lowest BCUT2D eigenvalue weighted by atomic mass is 9.69. The zero-order valence-corrected chi connectivity index (χ0v) is 19.1. The number of ketones is 1. The molecule has 2 aliphatic rings. The summed E-state index contributed by atoms with van der Waals surface area (Å²) in [7, 11) is 0. The van der Waals surface area contributed by atoms with Crippen LogP contribution in [0.2, 0.25) is 0 Å². The molecule has 3 atom stereocenters. The van der Waals surface area contributed by atoms with E-state index in [0.29, 0.717) is 23.7 Å². The predicted molar refractivity (Wildman–Crippen MR) is 130 cm³/mol. The summed E-state index contributed by atoms with van der Waals surface area (Å²) in [5.41, 5.74) is 5.55. The number of Topliss-reactive ketones (excluding diaryl/α,β-unsaturated/α-hetero) is 1. The molecule has 3 heteroatoms. The second-order valence-electron chi connectivity index (χ2n) is 9.07. The molecule has 0 radical (unpaired) electrons. The Morgan fingerprint density at radius 2 is 1.77 bits per heavy atom. The first-order valence-corrected chi connectivity index (χ1v) is 12.9. The Hall–Kier alpha value is -1.74. The van der Waals surface area contributed by atoms with E-state index in [2.05, 4.69) is 72.5 Å². The van der Waals surface area contributed by atoms with E-state index in [1.165, 1.54) is 59.6 Å². The molecule has 1 saturated carbocycles. The van der Waals surface area contributed by atoms with Gasteiger partial charge in [0.05, 0.1) is 0 Å². The maximum absolute atomic E-state index is 12.0. The smallest absolute Gasteiger partial charge is 0.133 e. The highest BCUT2D eigenvalue weighted by atomic mass is 32.2. The number of carbonyl (C=O) groups is 1. The van der Waals surface area contributed by atoms with Crippen molar-refractivity contribution in [3.63, 3.8) is 0 Å². The van der Waals surface area contributed by atoms with E-state index < -0.39 is 0 Å². The van der Waals surface area contributed by atoms with Crippen LogP contribution in [0.15, 0.2) is 48.5 Å². The van der Waals surface area contributed by atoms with E-state index in [1.807, 2.05) is 0 Å². The van der Waals surface area contributed by atoms with Crippen LogP contribution in [0.4, 0.5) is 5.69 Å². The molecule has 160 valence electrons. The number of benzene rings is 2. The molecule has 1 N–H and O–H groups in total. The van der Waals surface area contributed by atoms with Crippen molar-refractivity contribution in [2.24, 2.45) is 5.92 Å². The Balaban J connectivity index is 1.18.